The van der Waals surface area contributed by atoms with Crippen molar-refractivity contribution in [2.75, 3.05) is 6.54 Å². The van der Waals surface area contributed by atoms with E-state index >= 15 is 0 Å². The van der Waals surface area contributed by atoms with Crippen molar-refractivity contribution >= 4 is 11.3 Å². The summed E-state index contributed by atoms with van der Waals surface area (Å²) in [5, 5.41) is 4.39. The fourth-order valence-electron chi connectivity index (χ4n) is 2.82. The molecule has 2 unspecified atom stereocenters. The van der Waals surface area contributed by atoms with E-state index in [9.17, 15) is 0 Å². The monoisotopic (exact) mass is 302 g/mol. The van der Waals surface area contributed by atoms with Crippen LogP contribution >= 0.6 is 11.3 Å². The van der Waals surface area contributed by atoms with E-state index in [0.29, 0.717) is 6.04 Å². The summed E-state index contributed by atoms with van der Waals surface area (Å²) in [5.41, 5.74) is 9.17. The number of hydrogen-bond donors (Lipinski definition) is 1. The molecule has 2 N–H and O–H groups in total. The molecule has 0 aliphatic carbocycles. The van der Waals surface area contributed by atoms with Gasteiger partial charge in [0.15, 0.2) is 0 Å². The van der Waals surface area contributed by atoms with Gasteiger partial charge in [-0.25, -0.2) is 0 Å². The molecule has 3 heteroatoms. The van der Waals surface area contributed by atoms with E-state index in [2.05, 4.69) is 65.9 Å². The number of nitrogens with zero attached hydrogens (tertiary/aromatic N) is 1. The van der Waals surface area contributed by atoms with Crippen molar-refractivity contribution in [3.63, 3.8) is 0 Å². The van der Waals surface area contributed by atoms with Crippen LogP contribution in [0.3, 0.4) is 0 Å². The molecular formula is C18H26N2S. The summed E-state index contributed by atoms with van der Waals surface area (Å²) < 4.78 is 0. The molecular weight excluding hydrogens is 276 g/mol. The van der Waals surface area contributed by atoms with Gasteiger partial charge in [0.25, 0.3) is 0 Å². The Morgan fingerprint density at radius 2 is 1.90 bits per heavy atom. The quantitative estimate of drug-likeness (QED) is 0.781. The lowest BCUT2D eigenvalue weighted by molar-refractivity contribution is 0.161. The first kappa shape index (κ1) is 16.2. The fraction of sp³-hybridized carbons (Fsp3) is 0.444. The minimum absolute atomic E-state index is 0.176. The maximum atomic E-state index is 6.46. The second kappa shape index (κ2) is 8.32. The van der Waals surface area contributed by atoms with E-state index in [4.69, 9.17) is 5.73 Å². The second-order valence-electron chi connectivity index (χ2n) is 5.53. The van der Waals surface area contributed by atoms with Crippen LogP contribution in [0.2, 0.25) is 0 Å². The van der Waals surface area contributed by atoms with E-state index in [0.717, 1.165) is 25.9 Å². The number of thiophene rings is 1. The smallest absolute Gasteiger partial charge is 0.0510 e. The van der Waals surface area contributed by atoms with Crippen molar-refractivity contribution < 1.29 is 0 Å². The molecule has 0 bridgehead atoms. The first-order chi connectivity index (χ1) is 10.3. The predicted molar refractivity (Wildman–Crippen MR) is 92.5 cm³/mol. The summed E-state index contributed by atoms with van der Waals surface area (Å²) in [7, 11) is 0. The van der Waals surface area contributed by atoms with Gasteiger partial charge in [0, 0.05) is 12.6 Å². The Kier molecular flexibility index (Phi) is 6.43. The average molecular weight is 302 g/mol. The highest BCUT2D eigenvalue weighted by Gasteiger charge is 2.25. The summed E-state index contributed by atoms with van der Waals surface area (Å²) in [5.74, 6) is 0. The van der Waals surface area contributed by atoms with Crippen LogP contribution in [0.1, 0.15) is 43.9 Å². The molecule has 0 fully saturated rings. The highest BCUT2D eigenvalue weighted by Crippen LogP contribution is 2.28. The highest BCUT2D eigenvalue weighted by atomic mass is 32.1. The molecule has 2 atom stereocenters. The zero-order chi connectivity index (χ0) is 15.1. The number of benzene rings is 1. The Bertz CT molecular complexity index is 495. The Morgan fingerprint density at radius 1 is 1.14 bits per heavy atom. The van der Waals surface area contributed by atoms with Crippen molar-refractivity contribution in [3.05, 3.63) is 58.3 Å². The largest absolute Gasteiger partial charge is 0.326 e. The van der Waals surface area contributed by atoms with E-state index in [-0.39, 0.29) is 6.04 Å². The number of hydrogen-bond acceptors (Lipinski definition) is 3. The molecule has 2 rings (SSSR count). The van der Waals surface area contributed by atoms with E-state index in [1.807, 2.05) is 0 Å². The van der Waals surface area contributed by atoms with Crippen molar-refractivity contribution in [1.29, 1.82) is 0 Å². The highest BCUT2D eigenvalue weighted by molar-refractivity contribution is 7.07. The molecule has 0 spiro atoms. The van der Waals surface area contributed by atoms with Crippen LogP contribution in [0.4, 0.5) is 0 Å². The van der Waals surface area contributed by atoms with Crippen LogP contribution in [0, 0.1) is 0 Å². The summed E-state index contributed by atoms with van der Waals surface area (Å²) in [6.45, 7) is 6.45. The van der Waals surface area contributed by atoms with Crippen LogP contribution in [0.25, 0.3) is 0 Å². The van der Waals surface area contributed by atoms with Crippen LogP contribution in [0.15, 0.2) is 47.2 Å². The molecule has 0 aliphatic heterocycles. The number of rotatable bonds is 8. The van der Waals surface area contributed by atoms with E-state index in [1.165, 1.54) is 11.1 Å². The summed E-state index contributed by atoms with van der Waals surface area (Å²) >= 11 is 1.76. The van der Waals surface area contributed by atoms with Crippen LogP contribution in [-0.2, 0) is 6.54 Å². The Morgan fingerprint density at radius 3 is 2.48 bits per heavy atom. The lowest BCUT2D eigenvalue weighted by Crippen LogP contribution is -2.40. The van der Waals surface area contributed by atoms with Gasteiger partial charge in [-0.2, -0.15) is 11.3 Å². The normalized spacial score (nSPS) is 14.3. The van der Waals surface area contributed by atoms with Crippen molar-refractivity contribution in [3.8, 4) is 0 Å². The molecule has 21 heavy (non-hydrogen) atoms. The van der Waals surface area contributed by atoms with Gasteiger partial charge in [0.1, 0.15) is 0 Å². The Labute approximate surface area is 132 Å². The third-order valence-electron chi connectivity index (χ3n) is 3.89. The molecule has 1 heterocycles. The predicted octanol–water partition coefficient (Wildman–Crippen LogP) is 4.44. The summed E-state index contributed by atoms with van der Waals surface area (Å²) in [4.78, 5) is 2.53. The first-order valence-electron chi connectivity index (χ1n) is 7.81. The van der Waals surface area contributed by atoms with Crippen LogP contribution < -0.4 is 5.73 Å². The molecule has 0 radical (unpaired) electrons. The van der Waals surface area contributed by atoms with Gasteiger partial charge in [0.2, 0.25) is 0 Å². The third kappa shape index (κ3) is 4.40. The van der Waals surface area contributed by atoms with Crippen LogP contribution in [0.5, 0.6) is 0 Å². The topological polar surface area (TPSA) is 29.3 Å². The molecule has 0 saturated heterocycles. The lowest BCUT2D eigenvalue weighted by atomic mass is 9.97. The van der Waals surface area contributed by atoms with Gasteiger partial charge >= 0.3 is 0 Å². The summed E-state index contributed by atoms with van der Waals surface area (Å²) in [6, 6.07) is 13.4. The van der Waals surface area contributed by atoms with Crippen molar-refractivity contribution in [2.45, 2.75) is 45.3 Å². The van der Waals surface area contributed by atoms with E-state index in [1.54, 1.807) is 11.3 Å². The molecule has 0 saturated carbocycles. The third-order valence-corrected chi connectivity index (χ3v) is 4.60. The molecule has 2 aromatic rings. The molecule has 114 valence electrons. The standard InChI is InChI=1S/C18H26N2S/c1-3-11-20(13-15-8-6-5-7-9-15)18(17(19)4-2)16-10-12-21-14-16/h5-10,12,14,17-18H,3-4,11,13,19H2,1-2H3. The Balaban J connectivity index is 2.23. The molecule has 0 amide bonds. The van der Waals surface area contributed by atoms with Gasteiger partial charge in [-0.05, 0) is 47.3 Å². The lowest BCUT2D eigenvalue weighted by Gasteiger charge is -2.35. The zero-order valence-corrected chi connectivity index (χ0v) is 13.9. The van der Waals surface area contributed by atoms with Crippen molar-refractivity contribution in [1.82, 2.24) is 4.90 Å². The fourth-order valence-corrected chi connectivity index (χ4v) is 3.51. The summed E-state index contributed by atoms with van der Waals surface area (Å²) in [6.07, 6.45) is 2.14. The van der Waals surface area contributed by atoms with Crippen LogP contribution in [-0.4, -0.2) is 17.5 Å². The zero-order valence-electron chi connectivity index (χ0n) is 13.0. The van der Waals surface area contributed by atoms with Gasteiger partial charge in [-0.1, -0.05) is 44.2 Å². The number of nitrogens with two attached hydrogens (primary N) is 1. The van der Waals surface area contributed by atoms with Gasteiger partial charge in [0.05, 0.1) is 6.04 Å². The van der Waals surface area contributed by atoms with Crippen molar-refractivity contribution in [2.24, 2.45) is 5.73 Å². The maximum Gasteiger partial charge on any atom is 0.0510 e. The maximum absolute atomic E-state index is 6.46. The minimum Gasteiger partial charge on any atom is -0.326 e. The SMILES string of the molecule is CCCN(Cc1ccccc1)C(c1ccsc1)C(N)CC. The molecule has 2 nitrogen and oxygen atoms in total. The molecule has 1 aromatic heterocycles. The Hall–Kier alpha value is -1.16. The van der Waals surface area contributed by atoms with Gasteiger partial charge < -0.3 is 5.73 Å². The first-order valence-corrected chi connectivity index (χ1v) is 8.76. The molecule has 1 aromatic carbocycles. The molecule has 0 aliphatic rings. The van der Waals surface area contributed by atoms with Gasteiger partial charge in [-0.3, -0.25) is 4.90 Å². The minimum atomic E-state index is 0.176. The second-order valence-corrected chi connectivity index (χ2v) is 6.31. The average Bonchev–Trinajstić information content (AvgIpc) is 3.02. The van der Waals surface area contributed by atoms with Gasteiger partial charge in [-0.15, -0.1) is 0 Å². The van der Waals surface area contributed by atoms with E-state index < -0.39 is 0 Å².